The zero-order chi connectivity index (χ0) is 24.5. The quantitative estimate of drug-likeness (QED) is 0.435. The molecule has 0 saturated carbocycles. The molecule has 0 radical (unpaired) electrons. The van der Waals surface area contributed by atoms with E-state index in [0.717, 1.165) is 0 Å². The van der Waals surface area contributed by atoms with Gasteiger partial charge in [-0.1, -0.05) is 0 Å². The van der Waals surface area contributed by atoms with E-state index in [-0.39, 0.29) is 0 Å². The van der Waals surface area contributed by atoms with Crippen molar-refractivity contribution >= 4 is 10.1 Å². The average Bonchev–Trinajstić information content (AvgIpc) is 2.39. The number of hydrogen-bond donors (Lipinski definition) is 1. The lowest BCUT2D eigenvalue weighted by molar-refractivity contribution is -0.461. The highest BCUT2D eigenvalue weighted by atomic mass is 32.2. The minimum atomic E-state index is -9.35. The number of alkyl halides is 17. The van der Waals surface area contributed by atoms with Gasteiger partial charge in [-0.05, 0) is 0 Å². The highest BCUT2D eigenvalue weighted by Crippen LogP contribution is 2.68. The van der Waals surface area contributed by atoms with Crippen molar-refractivity contribution in [3.05, 3.63) is 0 Å². The first-order chi connectivity index (χ1) is 12.0. The SMILES string of the molecule is O=S(=O)(O)C(F)(F)C(F)(C(F)(F)C(F)(F)F)C(F)(C(F)(F)F)C(F)(F)C(F)(F)F. The van der Waals surface area contributed by atoms with E-state index in [4.69, 9.17) is 4.55 Å². The normalized spacial score (nSPS) is 20.2. The number of rotatable bonds is 5. The van der Waals surface area contributed by atoms with E-state index in [9.17, 15) is 83.1 Å². The molecule has 0 fully saturated rings. The fraction of sp³-hybridized carbons (Fsp3) is 1.00. The summed E-state index contributed by atoms with van der Waals surface area (Å²) in [5, 5.41) is -8.59. The van der Waals surface area contributed by atoms with Crippen LogP contribution in [0, 0.1) is 0 Å². The molecule has 0 bridgehead atoms. The Morgan fingerprint density at radius 1 is 0.448 bits per heavy atom. The third-order valence-electron chi connectivity index (χ3n) is 3.17. The van der Waals surface area contributed by atoms with Gasteiger partial charge < -0.3 is 0 Å². The molecular weight excluding hydrogens is 499 g/mol. The summed E-state index contributed by atoms with van der Waals surface area (Å²) in [6.45, 7) is 0. The van der Waals surface area contributed by atoms with Gasteiger partial charge in [-0.2, -0.15) is 74.3 Å². The van der Waals surface area contributed by atoms with Crippen LogP contribution < -0.4 is 0 Å². The first-order valence-corrected chi connectivity index (χ1v) is 7.12. The molecule has 0 aliphatic heterocycles. The summed E-state index contributed by atoms with van der Waals surface area (Å²) in [5.74, 6) is -17.8. The van der Waals surface area contributed by atoms with Gasteiger partial charge in [0.2, 0.25) is 0 Å². The molecule has 0 aliphatic rings. The van der Waals surface area contributed by atoms with Gasteiger partial charge in [-0.3, -0.25) is 4.55 Å². The third-order valence-corrected chi connectivity index (χ3v) is 4.10. The smallest absolute Gasteiger partial charge is 0.281 e. The molecule has 0 amide bonds. The van der Waals surface area contributed by atoms with Gasteiger partial charge >= 0.3 is 57.1 Å². The van der Waals surface area contributed by atoms with Gasteiger partial charge in [-0.15, -0.1) is 0 Å². The highest BCUT2D eigenvalue weighted by Gasteiger charge is 3.02. The Morgan fingerprint density at radius 2 is 0.690 bits per heavy atom. The van der Waals surface area contributed by atoms with Gasteiger partial charge in [0, 0.05) is 0 Å². The van der Waals surface area contributed by atoms with E-state index < -0.39 is 57.1 Å². The van der Waals surface area contributed by atoms with Crippen LogP contribution in [-0.2, 0) is 10.1 Å². The van der Waals surface area contributed by atoms with Crippen molar-refractivity contribution in [3.8, 4) is 0 Å². The van der Waals surface area contributed by atoms with Crippen LogP contribution in [0.5, 0.6) is 0 Å². The lowest BCUT2D eigenvalue weighted by Gasteiger charge is -2.48. The summed E-state index contributed by atoms with van der Waals surface area (Å²) >= 11 is 0. The summed E-state index contributed by atoms with van der Waals surface area (Å²) < 4.78 is 246. The van der Waals surface area contributed by atoms with Crippen LogP contribution >= 0.6 is 0 Å². The molecule has 0 heterocycles. The summed E-state index contributed by atoms with van der Waals surface area (Å²) in [7, 11) is -8.48. The fourth-order valence-electron chi connectivity index (χ4n) is 1.76. The van der Waals surface area contributed by atoms with E-state index in [1.807, 2.05) is 0 Å². The van der Waals surface area contributed by atoms with Crippen LogP contribution in [-0.4, -0.2) is 59.9 Å². The summed E-state index contributed by atoms with van der Waals surface area (Å²) in [6.07, 6.45) is -25.4. The molecule has 1 N–H and O–H groups in total. The van der Waals surface area contributed by atoms with E-state index >= 15 is 0 Å². The lowest BCUT2D eigenvalue weighted by Crippen LogP contribution is -2.83. The number of halogens is 17. The topological polar surface area (TPSA) is 54.4 Å². The minimum absolute atomic E-state index is 7.83. The Hall–Kier alpha value is -1.28. The van der Waals surface area contributed by atoms with Crippen molar-refractivity contribution in [2.75, 3.05) is 0 Å². The zero-order valence-corrected chi connectivity index (χ0v) is 12.9. The van der Waals surface area contributed by atoms with Gasteiger partial charge in [-0.25, -0.2) is 8.78 Å². The van der Waals surface area contributed by atoms with Crippen molar-refractivity contribution in [2.24, 2.45) is 0 Å². The largest absolute Gasteiger partial charge is 0.457 e. The van der Waals surface area contributed by atoms with E-state index in [2.05, 4.69) is 0 Å². The van der Waals surface area contributed by atoms with Gasteiger partial charge in [0.1, 0.15) is 0 Å². The van der Waals surface area contributed by atoms with Crippen molar-refractivity contribution in [2.45, 2.75) is 47.0 Å². The van der Waals surface area contributed by atoms with Gasteiger partial charge in [0.15, 0.2) is 0 Å². The fourth-order valence-corrected chi connectivity index (χ4v) is 2.38. The summed E-state index contributed by atoms with van der Waals surface area (Å²) in [4.78, 5) is 0. The Morgan fingerprint density at radius 3 is 0.862 bits per heavy atom. The van der Waals surface area contributed by atoms with Gasteiger partial charge in [0.25, 0.3) is 0 Å². The van der Waals surface area contributed by atoms with Crippen molar-refractivity contribution in [3.63, 3.8) is 0 Å². The molecule has 0 rings (SSSR count). The van der Waals surface area contributed by atoms with Gasteiger partial charge in [0.05, 0.1) is 0 Å². The summed E-state index contributed by atoms with van der Waals surface area (Å²) in [6, 6.07) is 0. The minimum Gasteiger partial charge on any atom is -0.281 e. The lowest BCUT2D eigenvalue weighted by atomic mass is 9.75. The molecule has 0 aromatic heterocycles. The zero-order valence-electron chi connectivity index (χ0n) is 12.1. The molecular formula is C8HF17O3S. The molecule has 2 atom stereocenters. The standard InChI is InChI=1S/C8HF17O3S/c9-1(5(15,16)17,3(11,12)6(18,19)20)2(10,4(13,14)7(21,22)23)8(24,25)29(26,27)28/h(H,26,27,28). The van der Waals surface area contributed by atoms with Crippen LogP contribution in [0.15, 0.2) is 0 Å². The molecule has 3 nitrogen and oxygen atoms in total. The second-order valence-electron chi connectivity index (χ2n) is 4.95. The maximum atomic E-state index is 14.1. The molecule has 0 aromatic rings. The first-order valence-electron chi connectivity index (χ1n) is 5.68. The second kappa shape index (κ2) is 6.36. The highest BCUT2D eigenvalue weighted by molar-refractivity contribution is 7.87. The number of hydrogen-bond acceptors (Lipinski definition) is 2. The molecule has 176 valence electrons. The predicted octanol–water partition coefficient (Wildman–Crippen LogP) is 4.84. The monoisotopic (exact) mass is 500 g/mol. The maximum Gasteiger partial charge on any atom is 0.457 e. The molecule has 0 aliphatic carbocycles. The Kier molecular flexibility index (Phi) is 6.08. The Balaban J connectivity index is 8.06. The maximum absolute atomic E-state index is 14.1. The van der Waals surface area contributed by atoms with Crippen molar-refractivity contribution < 1.29 is 87.6 Å². The Bertz CT molecular complexity index is 729. The molecule has 0 saturated heterocycles. The molecule has 2 unspecified atom stereocenters. The van der Waals surface area contributed by atoms with E-state index in [0.29, 0.717) is 0 Å². The Labute approximate surface area is 146 Å². The van der Waals surface area contributed by atoms with Crippen LogP contribution in [0.2, 0.25) is 0 Å². The second-order valence-corrected chi connectivity index (χ2v) is 6.41. The summed E-state index contributed by atoms with van der Waals surface area (Å²) in [5.41, 5.74) is -18.7. The molecule has 0 aromatic carbocycles. The van der Waals surface area contributed by atoms with Crippen LogP contribution in [0.3, 0.4) is 0 Å². The van der Waals surface area contributed by atoms with E-state index in [1.54, 1.807) is 0 Å². The molecule has 29 heavy (non-hydrogen) atoms. The third kappa shape index (κ3) is 3.26. The molecule has 21 heteroatoms. The van der Waals surface area contributed by atoms with E-state index in [1.165, 1.54) is 0 Å². The van der Waals surface area contributed by atoms with Crippen molar-refractivity contribution in [1.29, 1.82) is 0 Å². The van der Waals surface area contributed by atoms with Crippen LogP contribution in [0.4, 0.5) is 74.6 Å². The first kappa shape index (κ1) is 27.7. The van der Waals surface area contributed by atoms with Crippen LogP contribution in [0.25, 0.3) is 0 Å². The van der Waals surface area contributed by atoms with Crippen molar-refractivity contribution in [1.82, 2.24) is 0 Å². The predicted molar refractivity (Wildman–Crippen MR) is 52.2 cm³/mol. The molecule has 0 spiro atoms. The average molecular weight is 500 g/mol. The van der Waals surface area contributed by atoms with Crippen LogP contribution in [0.1, 0.15) is 0 Å².